The first-order valence-corrected chi connectivity index (χ1v) is 10.0. The maximum Gasteiger partial charge on any atom is 0.119 e. The molecule has 2 N–H and O–H groups in total. The van der Waals surface area contributed by atoms with Crippen LogP contribution in [0.1, 0.15) is 45.3 Å². The zero-order valence-corrected chi connectivity index (χ0v) is 16.7. The number of aliphatic hydroxyl groups excluding tert-OH is 1. The predicted octanol–water partition coefficient (Wildman–Crippen LogP) is 4.63. The zero-order valence-electron chi connectivity index (χ0n) is 16.7. The number of para-hydroxylation sites is 1. The fourth-order valence-corrected chi connectivity index (χ4v) is 3.41. The largest absolute Gasteiger partial charge is 0.508 e. The van der Waals surface area contributed by atoms with Crippen molar-refractivity contribution in [1.29, 1.82) is 0 Å². The van der Waals surface area contributed by atoms with Crippen LogP contribution in [0.4, 0.5) is 0 Å². The number of rotatable bonds is 6. The highest BCUT2D eigenvalue weighted by Gasteiger charge is 2.27. The number of hydrogen-bond acceptors (Lipinski definition) is 4. The zero-order chi connectivity index (χ0) is 19.6. The number of phenols is 1. The monoisotopic (exact) mass is 371 g/mol. The summed E-state index contributed by atoms with van der Waals surface area (Å²) in [7, 11) is 0. The first-order valence-electron chi connectivity index (χ1n) is 10.0. The summed E-state index contributed by atoms with van der Waals surface area (Å²) in [4.78, 5) is 2.34. The van der Waals surface area contributed by atoms with Crippen LogP contribution in [0.25, 0.3) is 0 Å². The van der Waals surface area contributed by atoms with Gasteiger partial charge in [-0.05, 0) is 68.6 Å². The van der Waals surface area contributed by atoms with Crippen molar-refractivity contribution in [2.75, 3.05) is 19.7 Å². The molecule has 0 bridgehead atoms. The van der Waals surface area contributed by atoms with Gasteiger partial charge in [-0.2, -0.15) is 0 Å². The standard InChI is InChI=1S/C21H27NO3.C2H6/c1-16(21(24)18-7-9-19(23)10-8-18)22-13-11-17(12-14-22)15-25-20-5-3-2-4-6-20;1-2/h2-10,16-17,21,23-24H,11-15H2,1H3;1-2H3. The molecule has 1 fully saturated rings. The number of phenolic OH excluding ortho intramolecular Hbond substituents is 1. The van der Waals surface area contributed by atoms with Gasteiger partial charge in [0.1, 0.15) is 11.5 Å². The van der Waals surface area contributed by atoms with Crippen LogP contribution in [-0.2, 0) is 0 Å². The van der Waals surface area contributed by atoms with Crippen molar-refractivity contribution in [2.24, 2.45) is 5.92 Å². The highest BCUT2D eigenvalue weighted by atomic mass is 16.5. The molecular weight excluding hydrogens is 338 g/mol. The third-order valence-electron chi connectivity index (χ3n) is 5.15. The van der Waals surface area contributed by atoms with E-state index in [1.54, 1.807) is 24.3 Å². The van der Waals surface area contributed by atoms with E-state index in [4.69, 9.17) is 4.74 Å². The van der Waals surface area contributed by atoms with Crippen LogP contribution < -0.4 is 4.74 Å². The van der Waals surface area contributed by atoms with E-state index in [-0.39, 0.29) is 11.8 Å². The molecule has 0 radical (unpaired) electrons. The molecule has 3 rings (SSSR count). The van der Waals surface area contributed by atoms with Crippen LogP contribution >= 0.6 is 0 Å². The lowest BCUT2D eigenvalue weighted by Gasteiger charge is -2.38. The first-order chi connectivity index (χ1) is 13.1. The number of hydrogen-bond donors (Lipinski definition) is 2. The third kappa shape index (κ3) is 6.26. The van der Waals surface area contributed by atoms with Crippen LogP contribution in [0.3, 0.4) is 0 Å². The number of aromatic hydroxyl groups is 1. The highest BCUT2D eigenvalue weighted by molar-refractivity contribution is 5.28. The van der Waals surface area contributed by atoms with Crippen LogP contribution in [-0.4, -0.2) is 40.9 Å². The van der Waals surface area contributed by atoms with Crippen molar-refractivity contribution in [3.63, 3.8) is 0 Å². The minimum Gasteiger partial charge on any atom is -0.508 e. The Morgan fingerprint density at radius 3 is 2.19 bits per heavy atom. The molecule has 4 heteroatoms. The summed E-state index contributed by atoms with van der Waals surface area (Å²) < 4.78 is 5.88. The molecule has 0 spiro atoms. The second kappa shape index (κ2) is 11.0. The maximum atomic E-state index is 10.6. The smallest absolute Gasteiger partial charge is 0.119 e. The molecule has 2 aromatic carbocycles. The van der Waals surface area contributed by atoms with Gasteiger partial charge in [-0.1, -0.05) is 44.2 Å². The van der Waals surface area contributed by atoms with Gasteiger partial charge >= 0.3 is 0 Å². The lowest BCUT2D eigenvalue weighted by atomic mass is 9.94. The van der Waals surface area contributed by atoms with Gasteiger partial charge in [0.25, 0.3) is 0 Å². The molecule has 0 saturated carbocycles. The Morgan fingerprint density at radius 2 is 1.59 bits per heavy atom. The molecule has 2 atom stereocenters. The van der Waals surface area contributed by atoms with Crippen molar-refractivity contribution in [3.05, 3.63) is 60.2 Å². The van der Waals surface area contributed by atoms with E-state index in [0.717, 1.165) is 43.9 Å². The number of benzene rings is 2. The van der Waals surface area contributed by atoms with E-state index in [2.05, 4.69) is 11.8 Å². The molecule has 1 aliphatic heterocycles. The summed E-state index contributed by atoms with van der Waals surface area (Å²) in [6.07, 6.45) is 1.62. The fraction of sp³-hybridized carbons (Fsp3) is 0.478. The van der Waals surface area contributed by atoms with E-state index >= 15 is 0 Å². The Balaban J connectivity index is 0.00000126. The topological polar surface area (TPSA) is 52.9 Å². The molecule has 4 nitrogen and oxygen atoms in total. The molecule has 2 unspecified atom stereocenters. The van der Waals surface area contributed by atoms with E-state index in [1.165, 1.54) is 0 Å². The Hall–Kier alpha value is -2.04. The van der Waals surface area contributed by atoms with Gasteiger partial charge in [-0.25, -0.2) is 0 Å². The SMILES string of the molecule is CC.CC(C(O)c1ccc(O)cc1)N1CCC(COc2ccccc2)CC1. The summed E-state index contributed by atoms with van der Waals surface area (Å²) in [5.74, 6) is 1.72. The van der Waals surface area contributed by atoms with Crippen LogP contribution in [0.5, 0.6) is 11.5 Å². The second-order valence-electron chi connectivity index (χ2n) is 6.88. The highest BCUT2D eigenvalue weighted by Crippen LogP contribution is 2.27. The molecular formula is C23H33NO3. The normalized spacial score (nSPS) is 17.5. The molecule has 0 amide bonds. The fourth-order valence-electron chi connectivity index (χ4n) is 3.41. The van der Waals surface area contributed by atoms with Gasteiger partial charge in [0.2, 0.25) is 0 Å². The van der Waals surface area contributed by atoms with Crippen LogP contribution in [0, 0.1) is 5.92 Å². The van der Waals surface area contributed by atoms with Crippen molar-refractivity contribution in [1.82, 2.24) is 4.90 Å². The van der Waals surface area contributed by atoms with E-state index in [0.29, 0.717) is 5.92 Å². The molecule has 1 saturated heterocycles. The molecule has 27 heavy (non-hydrogen) atoms. The number of aliphatic hydroxyl groups is 1. The van der Waals surface area contributed by atoms with Gasteiger partial charge in [0, 0.05) is 6.04 Å². The average molecular weight is 372 g/mol. The average Bonchev–Trinajstić information content (AvgIpc) is 2.74. The number of nitrogens with zero attached hydrogens (tertiary/aromatic N) is 1. The number of likely N-dealkylation sites (tertiary alicyclic amines) is 1. The summed E-state index contributed by atoms with van der Waals surface area (Å²) >= 11 is 0. The summed E-state index contributed by atoms with van der Waals surface area (Å²) in [6.45, 7) is 8.77. The van der Waals surface area contributed by atoms with Crippen molar-refractivity contribution in [2.45, 2.75) is 45.8 Å². The Kier molecular flexibility index (Phi) is 8.62. The Bertz CT molecular complexity index is 636. The molecule has 1 heterocycles. The van der Waals surface area contributed by atoms with E-state index in [1.807, 2.05) is 44.2 Å². The van der Waals surface area contributed by atoms with E-state index < -0.39 is 6.10 Å². The molecule has 0 aromatic heterocycles. The third-order valence-corrected chi connectivity index (χ3v) is 5.15. The minimum absolute atomic E-state index is 0.0561. The van der Waals surface area contributed by atoms with Gasteiger partial charge < -0.3 is 14.9 Å². The van der Waals surface area contributed by atoms with Gasteiger partial charge in [-0.15, -0.1) is 0 Å². The Morgan fingerprint density at radius 1 is 1.00 bits per heavy atom. The van der Waals surface area contributed by atoms with Gasteiger partial charge in [0.15, 0.2) is 0 Å². The van der Waals surface area contributed by atoms with Crippen LogP contribution in [0.15, 0.2) is 54.6 Å². The molecule has 0 aliphatic carbocycles. The van der Waals surface area contributed by atoms with Crippen molar-refractivity contribution >= 4 is 0 Å². The summed E-state index contributed by atoms with van der Waals surface area (Å²) in [5, 5.41) is 20.0. The lowest BCUT2D eigenvalue weighted by Crippen LogP contribution is -2.43. The number of ether oxygens (including phenoxy) is 1. The molecule has 2 aromatic rings. The summed E-state index contributed by atoms with van der Waals surface area (Å²) in [5.41, 5.74) is 0.847. The minimum atomic E-state index is -0.544. The van der Waals surface area contributed by atoms with E-state index in [9.17, 15) is 10.2 Å². The lowest BCUT2D eigenvalue weighted by molar-refractivity contribution is 0.0315. The second-order valence-corrected chi connectivity index (χ2v) is 6.88. The maximum absolute atomic E-state index is 10.6. The predicted molar refractivity (Wildman–Crippen MR) is 110 cm³/mol. The quantitative estimate of drug-likeness (QED) is 0.777. The van der Waals surface area contributed by atoms with Crippen molar-refractivity contribution in [3.8, 4) is 11.5 Å². The van der Waals surface area contributed by atoms with Crippen LogP contribution in [0.2, 0.25) is 0 Å². The van der Waals surface area contributed by atoms with Crippen molar-refractivity contribution < 1.29 is 14.9 Å². The molecule has 1 aliphatic rings. The first kappa shape index (κ1) is 21.3. The van der Waals surface area contributed by atoms with Gasteiger partial charge in [-0.3, -0.25) is 4.90 Å². The summed E-state index contributed by atoms with van der Waals surface area (Å²) in [6, 6.07) is 16.8. The number of piperidine rings is 1. The van der Waals surface area contributed by atoms with Gasteiger partial charge in [0.05, 0.1) is 12.7 Å². The Labute approximate surface area is 163 Å². The molecule has 148 valence electrons.